The van der Waals surface area contributed by atoms with Gasteiger partial charge in [0.2, 0.25) is 0 Å². The SMILES string of the molecule is CC(C)CNC(=O)c1ccc(NC(=O)N2CCN(CC(C)O)C(C)C2)cc1Cl. The molecule has 8 heteroatoms. The van der Waals surface area contributed by atoms with Crippen LogP contribution in [0.25, 0.3) is 0 Å². The summed E-state index contributed by atoms with van der Waals surface area (Å²) in [4.78, 5) is 28.7. The average Bonchev–Trinajstić information content (AvgIpc) is 2.61. The summed E-state index contributed by atoms with van der Waals surface area (Å²) >= 11 is 6.24. The maximum absolute atomic E-state index is 12.6. The van der Waals surface area contributed by atoms with Gasteiger partial charge in [-0.15, -0.1) is 0 Å². The summed E-state index contributed by atoms with van der Waals surface area (Å²) in [6.07, 6.45) is -0.388. The Kier molecular flexibility index (Phi) is 8.10. The molecule has 156 valence electrons. The maximum atomic E-state index is 12.6. The highest BCUT2D eigenvalue weighted by molar-refractivity contribution is 6.34. The third-order valence-corrected chi connectivity index (χ3v) is 5.00. The largest absolute Gasteiger partial charge is 0.392 e. The van der Waals surface area contributed by atoms with Crippen molar-refractivity contribution in [3.63, 3.8) is 0 Å². The predicted molar refractivity (Wildman–Crippen MR) is 112 cm³/mol. The lowest BCUT2D eigenvalue weighted by atomic mass is 10.1. The molecule has 3 amide bonds. The molecular formula is C20H31ClN4O3. The highest BCUT2D eigenvalue weighted by Crippen LogP contribution is 2.22. The summed E-state index contributed by atoms with van der Waals surface area (Å²) in [5, 5.41) is 15.5. The molecule has 7 nitrogen and oxygen atoms in total. The van der Waals surface area contributed by atoms with E-state index < -0.39 is 0 Å². The Bertz CT molecular complexity index is 696. The molecule has 1 aliphatic heterocycles. The Hall–Kier alpha value is -1.83. The molecule has 0 aliphatic carbocycles. The number of aliphatic hydroxyl groups is 1. The number of amides is 3. The normalized spacial score (nSPS) is 18.8. The topological polar surface area (TPSA) is 84.9 Å². The minimum atomic E-state index is -0.388. The number of rotatable bonds is 6. The van der Waals surface area contributed by atoms with Crippen molar-refractivity contribution in [3.8, 4) is 0 Å². The minimum Gasteiger partial charge on any atom is -0.392 e. The van der Waals surface area contributed by atoms with Crippen LogP contribution in [0.4, 0.5) is 10.5 Å². The van der Waals surface area contributed by atoms with Crippen LogP contribution in [-0.4, -0.2) is 71.7 Å². The van der Waals surface area contributed by atoms with Crippen LogP contribution in [-0.2, 0) is 0 Å². The van der Waals surface area contributed by atoms with Crippen LogP contribution in [0.2, 0.25) is 5.02 Å². The monoisotopic (exact) mass is 410 g/mol. The van der Waals surface area contributed by atoms with Crippen LogP contribution in [0.1, 0.15) is 38.1 Å². The molecule has 0 radical (unpaired) electrons. The Balaban J connectivity index is 1.94. The standard InChI is InChI=1S/C20H31ClN4O3/c1-13(2)10-22-19(27)17-6-5-16(9-18(17)21)23-20(28)25-8-7-24(12-15(4)26)14(3)11-25/h5-6,9,13-15,26H,7-8,10-12H2,1-4H3,(H,22,27)(H,23,28). The van der Waals surface area contributed by atoms with Crippen molar-refractivity contribution in [2.45, 2.75) is 39.8 Å². The van der Waals surface area contributed by atoms with E-state index in [2.05, 4.69) is 15.5 Å². The maximum Gasteiger partial charge on any atom is 0.321 e. The number of hydrogen-bond donors (Lipinski definition) is 3. The fourth-order valence-electron chi connectivity index (χ4n) is 3.16. The van der Waals surface area contributed by atoms with Gasteiger partial charge in [0, 0.05) is 44.5 Å². The molecular weight excluding hydrogens is 380 g/mol. The molecule has 2 atom stereocenters. The summed E-state index contributed by atoms with van der Waals surface area (Å²) in [5.74, 6) is 0.129. The molecule has 1 fully saturated rings. The van der Waals surface area contributed by atoms with Crippen LogP contribution in [0.15, 0.2) is 18.2 Å². The number of nitrogens with one attached hydrogen (secondary N) is 2. The van der Waals surface area contributed by atoms with Crippen LogP contribution in [0.3, 0.4) is 0 Å². The number of anilines is 1. The van der Waals surface area contributed by atoms with Crippen LogP contribution in [0, 0.1) is 5.92 Å². The van der Waals surface area contributed by atoms with E-state index in [0.29, 0.717) is 48.4 Å². The summed E-state index contributed by atoms with van der Waals surface area (Å²) in [6.45, 7) is 10.9. The van der Waals surface area contributed by atoms with Crippen LogP contribution in [0.5, 0.6) is 0 Å². The quantitative estimate of drug-likeness (QED) is 0.673. The van der Waals surface area contributed by atoms with Gasteiger partial charge in [0.05, 0.1) is 16.7 Å². The fraction of sp³-hybridized carbons (Fsp3) is 0.600. The molecule has 0 spiro atoms. The molecule has 0 bridgehead atoms. The van der Waals surface area contributed by atoms with E-state index >= 15 is 0 Å². The number of urea groups is 1. The molecule has 2 rings (SSSR count). The number of hydrogen-bond acceptors (Lipinski definition) is 4. The average molecular weight is 411 g/mol. The molecule has 0 saturated carbocycles. The van der Waals surface area contributed by atoms with Crippen molar-refractivity contribution in [1.82, 2.24) is 15.1 Å². The van der Waals surface area contributed by atoms with Crippen LogP contribution < -0.4 is 10.6 Å². The van der Waals surface area contributed by atoms with E-state index in [4.69, 9.17) is 11.6 Å². The summed E-state index contributed by atoms with van der Waals surface area (Å²) in [6, 6.07) is 4.87. The number of aliphatic hydroxyl groups excluding tert-OH is 1. The van der Waals surface area contributed by atoms with Crippen molar-refractivity contribution >= 4 is 29.2 Å². The van der Waals surface area contributed by atoms with Gasteiger partial charge in [-0.1, -0.05) is 25.4 Å². The lowest BCUT2D eigenvalue weighted by molar-refractivity contribution is 0.0590. The number of carbonyl (C=O) groups is 2. The number of benzene rings is 1. The lowest BCUT2D eigenvalue weighted by Gasteiger charge is -2.40. The van der Waals surface area contributed by atoms with E-state index in [1.54, 1.807) is 30.0 Å². The molecule has 3 N–H and O–H groups in total. The van der Waals surface area contributed by atoms with E-state index in [1.165, 1.54) is 0 Å². The first-order valence-corrected chi connectivity index (χ1v) is 10.1. The third kappa shape index (κ3) is 6.36. The smallest absolute Gasteiger partial charge is 0.321 e. The zero-order valence-corrected chi connectivity index (χ0v) is 17.8. The van der Waals surface area contributed by atoms with Gasteiger partial charge in [0.1, 0.15) is 0 Å². The van der Waals surface area contributed by atoms with E-state index in [-0.39, 0.29) is 24.1 Å². The first kappa shape index (κ1) is 22.5. The van der Waals surface area contributed by atoms with Crippen molar-refractivity contribution in [1.29, 1.82) is 0 Å². The second-order valence-corrected chi connectivity index (χ2v) is 8.27. The van der Waals surface area contributed by atoms with Gasteiger partial charge < -0.3 is 20.6 Å². The molecule has 1 aliphatic rings. The first-order chi connectivity index (χ1) is 13.2. The van der Waals surface area contributed by atoms with Crippen molar-refractivity contribution in [3.05, 3.63) is 28.8 Å². The third-order valence-electron chi connectivity index (χ3n) is 4.69. The molecule has 1 saturated heterocycles. The predicted octanol–water partition coefficient (Wildman–Crippen LogP) is 2.64. The van der Waals surface area contributed by atoms with Gasteiger partial charge in [0.25, 0.3) is 5.91 Å². The second kappa shape index (κ2) is 10.1. The van der Waals surface area contributed by atoms with Gasteiger partial charge in [-0.2, -0.15) is 0 Å². The van der Waals surface area contributed by atoms with Gasteiger partial charge in [0.15, 0.2) is 0 Å². The van der Waals surface area contributed by atoms with Gasteiger partial charge in [-0.3, -0.25) is 9.69 Å². The Morgan fingerprint density at radius 1 is 1.29 bits per heavy atom. The molecule has 1 aromatic rings. The Morgan fingerprint density at radius 3 is 2.57 bits per heavy atom. The fourth-order valence-corrected chi connectivity index (χ4v) is 3.43. The summed E-state index contributed by atoms with van der Waals surface area (Å²) in [7, 11) is 0. The number of β-amino-alcohol motifs (C(OH)–C–C–N with tert-alkyl or cyclic N) is 1. The zero-order valence-electron chi connectivity index (χ0n) is 17.0. The molecule has 1 aromatic carbocycles. The number of nitrogens with zero attached hydrogens (tertiary/aromatic N) is 2. The van der Waals surface area contributed by atoms with Crippen LogP contribution >= 0.6 is 11.6 Å². The highest BCUT2D eigenvalue weighted by Gasteiger charge is 2.27. The van der Waals surface area contributed by atoms with E-state index in [1.807, 2.05) is 20.8 Å². The molecule has 1 heterocycles. The van der Waals surface area contributed by atoms with Crippen molar-refractivity contribution in [2.75, 3.05) is 38.0 Å². The first-order valence-electron chi connectivity index (χ1n) is 9.73. The Labute approximate surface area is 172 Å². The van der Waals surface area contributed by atoms with Crippen molar-refractivity contribution in [2.24, 2.45) is 5.92 Å². The zero-order chi connectivity index (χ0) is 20.8. The molecule has 28 heavy (non-hydrogen) atoms. The molecule has 0 aromatic heterocycles. The summed E-state index contributed by atoms with van der Waals surface area (Å²) < 4.78 is 0. The highest BCUT2D eigenvalue weighted by atomic mass is 35.5. The minimum absolute atomic E-state index is 0.171. The number of piperazine rings is 1. The van der Waals surface area contributed by atoms with Gasteiger partial charge >= 0.3 is 6.03 Å². The number of halogens is 1. The lowest BCUT2D eigenvalue weighted by Crippen LogP contribution is -2.55. The number of carbonyl (C=O) groups excluding carboxylic acids is 2. The Morgan fingerprint density at radius 2 is 2.00 bits per heavy atom. The molecule has 2 unspecified atom stereocenters. The van der Waals surface area contributed by atoms with E-state index in [0.717, 1.165) is 6.54 Å². The van der Waals surface area contributed by atoms with E-state index in [9.17, 15) is 14.7 Å². The van der Waals surface area contributed by atoms with Crippen molar-refractivity contribution < 1.29 is 14.7 Å². The summed E-state index contributed by atoms with van der Waals surface area (Å²) in [5.41, 5.74) is 0.940. The van der Waals surface area contributed by atoms with Gasteiger partial charge in [-0.25, -0.2) is 4.79 Å². The van der Waals surface area contributed by atoms with Gasteiger partial charge in [-0.05, 0) is 38.0 Å². The second-order valence-electron chi connectivity index (χ2n) is 7.87.